The molecule has 1 saturated heterocycles. The Labute approximate surface area is 131 Å². The minimum atomic E-state index is -1.95. The quantitative estimate of drug-likeness (QED) is 0.221. The maximum Gasteiger partial charge on any atom is 0.255 e. The van der Waals surface area contributed by atoms with E-state index in [1.54, 1.807) is 0 Å². The molecule has 0 radical (unpaired) electrons. The zero-order chi connectivity index (χ0) is 17.7. The SMILES string of the molecule is O=C(C1OC(O)C(O)C(O)C1O)N(C(CO)CO)C(CO)CO. The average molecular weight is 341 g/mol. The lowest BCUT2D eigenvalue weighted by Gasteiger charge is -2.42. The zero-order valence-corrected chi connectivity index (χ0v) is 12.2. The Morgan fingerprint density at radius 2 is 1.26 bits per heavy atom. The molecule has 11 nitrogen and oxygen atoms in total. The zero-order valence-electron chi connectivity index (χ0n) is 12.2. The van der Waals surface area contributed by atoms with Crippen molar-refractivity contribution in [2.75, 3.05) is 26.4 Å². The summed E-state index contributed by atoms with van der Waals surface area (Å²) >= 11 is 0. The molecular weight excluding hydrogens is 318 g/mol. The van der Waals surface area contributed by atoms with E-state index < -0.39 is 75.1 Å². The molecule has 1 aliphatic heterocycles. The van der Waals surface area contributed by atoms with Crippen LogP contribution in [0.15, 0.2) is 0 Å². The van der Waals surface area contributed by atoms with Crippen molar-refractivity contribution in [3.63, 3.8) is 0 Å². The fraction of sp³-hybridized carbons (Fsp3) is 0.917. The molecular formula is C12H23NO10. The summed E-state index contributed by atoms with van der Waals surface area (Å²) in [4.78, 5) is 13.2. The standard InChI is InChI=1S/C12H23NO10/c14-1-5(2-15)13(6(3-16)4-17)11(21)10-8(19)7(18)9(20)12(22)23-10/h5-10,12,14-20,22H,1-4H2. The Morgan fingerprint density at radius 3 is 1.65 bits per heavy atom. The molecule has 0 aromatic rings. The summed E-state index contributed by atoms with van der Waals surface area (Å²) in [6, 6.07) is -2.44. The highest BCUT2D eigenvalue weighted by Gasteiger charge is 2.48. The van der Waals surface area contributed by atoms with Crippen LogP contribution in [-0.2, 0) is 9.53 Å². The fourth-order valence-corrected chi connectivity index (χ4v) is 2.34. The second kappa shape index (κ2) is 8.82. The van der Waals surface area contributed by atoms with E-state index in [9.17, 15) is 45.6 Å². The Kier molecular flexibility index (Phi) is 7.73. The normalized spacial score (nSPS) is 31.7. The predicted octanol–water partition coefficient (Wildman–Crippen LogP) is -5.68. The highest BCUT2D eigenvalue weighted by atomic mass is 16.6. The van der Waals surface area contributed by atoms with Crippen molar-refractivity contribution in [3.8, 4) is 0 Å². The molecule has 0 bridgehead atoms. The van der Waals surface area contributed by atoms with Gasteiger partial charge in [-0.3, -0.25) is 4.79 Å². The van der Waals surface area contributed by atoms with Gasteiger partial charge in [0.1, 0.15) is 18.3 Å². The van der Waals surface area contributed by atoms with Gasteiger partial charge in [-0.2, -0.15) is 0 Å². The number of ether oxygens (including phenoxy) is 1. The molecule has 8 N–H and O–H groups in total. The lowest BCUT2D eigenvalue weighted by Crippen LogP contribution is -2.65. The summed E-state index contributed by atoms with van der Waals surface area (Å²) in [6.07, 6.45) is -9.39. The smallest absolute Gasteiger partial charge is 0.255 e. The molecule has 11 heteroatoms. The largest absolute Gasteiger partial charge is 0.394 e. The van der Waals surface area contributed by atoms with Gasteiger partial charge in [-0.25, -0.2) is 0 Å². The van der Waals surface area contributed by atoms with Crippen molar-refractivity contribution in [3.05, 3.63) is 0 Å². The van der Waals surface area contributed by atoms with E-state index in [0.29, 0.717) is 4.90 Å². The van der Waals surface area contributed by atoms with Crippen molar-refractivity contribution in [2.45, 2.75) is 42.8 Å². The maximum atomic E-state index is 12.5. The van der Waals surface area contributed by atoms with Crippen LogP contribution in [0.2, 0.25) is 0 Å². The van der Waals surface area contributed by atoms with E-state index in [4.69, 9.17) is 4.74 Å². The lowest BCUT2D eigenvalue weighted by molar-refractivity contribution is -0.279. The highest BCUT2D eigenvalue weighted by Crippen LogP contribution is 2.23. The topological polar surface area (TPSA) is 191 Å². The number of carbonyl (C=O) groups is 1. The molecule has 5 atom stereocenters. The minimum Gasteiger partial charge on any atom is -0.394 e. The van der Waals surface area contributed by atoms with Crippen LogP contribution in [0.1, 0.15) is 0 Å². The van der Waals surface area contributed by atoms with Gasteiger partial charge in [0.05, 0.1) is 38.5 Å². The Hall–Kier alpha value is -0.890. The van der Waals surface area contributed by atoms with Crippen LogP contribution in [0.25, 0.3) is 0 Å². The summed E-state index contributed by atoms with van der Waals surface area (Å²) in [7, 11) is 0. The number of carbonyl (C=O) groups excluding carboxylic acids is 1. The van der Waals surface area contributed by atoms with Crippen LogP contribution >= 0.6 is 0 Å². The fourth-order valence-electron chi connectivity index (χ4n) is 2.34. The van der Waals surface area contributed by atoms with Gasteiger partial charge in [0.25, 0.3) is 5.91 Å². The summed E-state index contributed by atoms with van der Waals surface area (Å²) in [5.41, 5.74) is 0. The maximum absolute atomic E-state index is 12.5. The lowest BCUT2D eigenvalue weighted by atomic mass is 9.97. The number of amides is 1. The molecule has 1 aliphatic rings. The molecule has 0 aliphatic carbocycles. The third-order valence-electron chi connectivity index (χ3n) is 3.72. The Morgan fingerprint density at radius 1 is 0.826 bits per heavy atom. The first-order valence-corrected chi connectivity index (χ1v) is 6.97. The summed E-state index contributed by atoms with van der Waals surface area (Å²) in [5.74, 6) is -1.09. The van der Waals surface area contributed by atoms with Crippen LogP contribution in [0, 0.1) is 0 Å². The summed E-state index contributed by atoms with van der Waals surface area (Å²) < 4.78 is 4.78. The number of hydrogen-bond acceptors (Lipinski definition) is 10. The molecule has 1 rings (SSSR count). The highest BCUT2D eigenvalue weighted by molar-refractivity contribution is 5.82. The van der Waals surface area contributed by atoms with Gasteiger partial charge in [-0.1, -0.05) is 0 Å². The van der Waals surface area contributed by atoms with Crippen LogP contribution in [0.4, 0.5) is 0 Å². The van der Waals surface area contributed by atoms with Gasteiger partial charge in [0, 0.05) is 0 Å². The minimum absolute atomic E-state index is 0.713. The number of aliphatic hydroxyl groups is 8. The van der Waals surface area contributed by atoms with Gasteiger partial charge in [0.15, 0.2) is 12.4 Å². The molecule has 1 heterocycles. The monoisotopic (exact) mass is 341 g/mol. The first kappa shape index (κ1) is 20.2. The van der Waals surface area contributed by atoms with Crippen molar-refractivity contribution in [1.29, 1.82) is 0 Å². The number of nitrogens with zero attached hydrogens (tertiary/aromatic N) is 1. The molecule has 23 heavy (non-hydrogen) atoms. The van der Waals surface area contributed by atoms with Gasteiger partial charge in [-0.05, 0) is 0 Å². The van der Waals surface area contributed by atoms with E-state index in [2.05, 4.69) is 0 Å². The third kappa shape index (κ3) is 4.15. The van der Waals surface area contributed by atoms with Crippen molar-refractivity contribution in [1.82, 2.24) is 4.90 Å². The van der Waals surface area contributed by atoms with E-state index in [1.165, 1.54) is 0 Å². The van der Waals surface area contributed by atoms with Crippen molar-refractivity contribution < 1.29 is 50.4 Å². The van der Waals surface area contributed by atoms with Crippen LogP contribution in [0.3, 0.4) is 0 Å². The van der Waals surface area contributed by atoms with Crippen molar-refractivity contribution in [2.24, 2.45) is 0 Å². The van der Waals surface area contributed by atoms with Gasteiger partial charge in [0.2, 0.25) is 0 Å². The van der Waals surface area contributed by atoms with Crippen molar-refractivity contribution >= 4 is 5.91 Å². The Balaban J connectivity index is 3.08. The van der Waals surface area contributed by atoms with Crippen LogP contribution in [-0.4, -0.2) is 121 Å². The van der Waals surface area contributed by atoms with Gasteiger partial charge < -0.3 is 50.5 Å². The predicted molar refractivity (Wildman–Crippen MR) is 71.7 cm³/mol. The van der Waals surface area contributed by atoms with Crippen LogP contribution < -0.4 is 0 Å². The van der Waals surface area contributed by atoms with E-state index in [-0.39, 0.29) is 0 Å². The number of hydrogen-bond donors (Lipinski definition) is 8. The molecule has 0 aromatic carbocycles. The molecule has 5 unspecified atom stereocenters. The van der Waals surface area contributed by atoms with Crippen LogP contribution in [0.5, 0.6) is 0 Å². The molecule has 136 valence electrons. The molecule has 0 aromatic heterocycles. The van der Waals surface area contributed by atoms with E-state index >= 15 is 0 Å². The first-order valence-electron chi connectivity index (χ1n) is 6.97. The van der Waals surface area contributed by atoms with Gasteiger partial charge >= 0.3 is 0 Å². The first-order chi connectivity index (χ1) is 10.8. The average Bonchev–Trinajstić information content (AvgIpc) is 2.56. The molecule has 1 fully saturated rings. The second-order valence-electron chi connectivity index (χ2n) is 5.20. The molecule has 1 amide bonds. The van der Waals surface area contributed by atoms with Gasteiger partial charge in [-0.15, -0.1) is 0 Å². The number of rotatable bonds is 7. The number of aliphatic hydroxyl groups excluding tert-OH is 8. The molecule has 0 spiro atoms. The third-order valence-corrected chi connectivity index (χ3v) is 3.72. The van der Waals surface area contributed by atoms with E-state index in [0.717, 1.165) is 0 Å². The summed E-state index contributed by atoms with van der Waals surface area (Å²) in [5, 5.41) is 75.3. The Bertz CT molecular complexity index is 363. The van der Waals surface area contributed by atoms with E-state index in [1.807, 2.05) is 0 Å². The summed E-state index contributed by atoms with van der Waals surface area (Å²) in [6.45, 7) is -2.85. The second-order valence-corrected chi connectivity index (χ2v) is 5.20. The molecule has 0 saturated carbocycles.